The van der Waals surface area contributed by atoms with E-state index in [1.54, 1.807) is 38.4 Å². The lowest BCUT2D eigenvalue weighted by atomic mass is 10.2. The van der Waals surface area contributed by atoms with Gasteiger partial charge in [0.25, 0.3) is 5.91 Å². The molecule has 0 aromatic carbocycles. The maximum absolute atomic E-state index is 12.2. The fourth-order valence-corrected chi connectivity index (χ4v) is 1.67. The van der Waals surface area contributed by atoms with Crippen LogP contribution in [-0.2, 0) is 4.74 Å². The molecule has 0 radical (unpaired) electrons. The van der Waals surface area contributed by atoms with Crippen molar-refractivity contribution in [2.75, 3.05) is 39.7 Å². The number of hydrogen-bond donors (Lipinski definition) is 1. The van der Waals surface area contributed by atoms with E-state index < -0.39 is 0 Å². The van der Waals surface area contributed by atoms with E-state index in [1.165, 1.54) is 0 Å². The van der Waals surface area contributed by atoms with Crippen LogP contribution in [-0.4, -0.2) is 50.1 Å². The molecular formula is C11H16BrN3O2. The van der Waals surface area contributed by atoms with Gasteiger partial charge in [0.05, 0.1) is 12.2 Å². The monoisotopic (exact) mass is 301 g/mol. The highest BCUT2D eigenvalue weighted by Gasteiger charge is 2.16. The van der Waals surface area contributed by atoms with Crippen molar-refractivity contribution in [2.45, 2.75) is 0 Å². The van der Waals surface area contributed by atoms with Crippen molar-refractivity contribution >= 4 is 27.7 Å². The Morgan fingerprint density at radius 1 is 1.65 bits per heavy atom. The van der Waals surface area contributed by atoms with Crippen LogP contribution in [0, 0.1) is 0 Å². The number of methoxy groups -OCH3 is 1. The average Bonchev–Trinajstić information content (AvgIpc) is 2.34. The summed E-state index contributed by atoms with van der Waals surface area (Å²) in [4.78, 5) is 17.9. The van der Waals surface area contributed by atoms with Gasteiger partial charge in [-0.05, 0) is 22.0 Å². The minimum atomic E-state index is -0.0831. The number of pyridine rings is 1. The summed E-state index contributed by atoms with van der Waals surface area (Å²) in [7, 11) is 5.09. The summed E-state index contributed by atoms with van der Waals surface area (Å²) >= 11 is 3.31. The summed E-state index contributed by atoms with van der Waals surface area (Å²) in [5, 5.41) is 2.90. The number of anilines is 1. The second kappa shape index (κ2) is 6.56. The van der Waals surface area contributed by atoms with Crippen molar-refractivity contribution in [3.05, 3.63) is 22.3 Å². The van der Waals surface area contributed by atoms with Crippen LogP contribution in [0.5, 0.6) is 0 Å². The highest BCUT2D eigenvalue weighted by molar-refractivity contribution is 9.10. The molecular weight excluding hydrogens is 286 g/mol. The lowest BCUT2D eigenvalue weighted by Crippen LogP contribution is -2.30. The van der Waals surface area contributed by atoms with Crippen molar-refractivity contribution in [3.8, 4) is 0 Å². The predicted molar refractivity (Wildman–Crippen MR) is 70.3 cm³/mol. The standard InChI is InChI=1S/C11H16BrN3O2/c1-13-10-9(6-8(12)7-14-10)11(16)15(2)4-5-17-3/h6-7H,4-5H2,1-3H3,(H,13,14). The fourth-order valence-electron chi connectivity index (χ4n) is 1.34. The third-order valence-corrected chi connectivity index (χ3v) is 2.73. The number of likely N-dealkylation sites (N-methyl/N-ethyl adjacent to an activating group) is 1. The maximum atomic E-state index is 12.2. The lowest BCUT2D eigenvalue weighted by molar-refractivity contribution is 0.0745. The van der Waals surface area contributed by atoms with E-state index in [4.69, 9.17) is 4.74 Å². The van der Waals surface area contributed by atoms with Crippen LogP contribution in [0.4, 0.5) is 5.82 Å². The van der Waals surface area contributed by atoms with Crippen LogP contribution in [0.1, 0.15) is 10.4 Å². The summed E-state index contributed by atoms with van der Waals surface area (Å²) in [5.74, 6) is 0.489. The number of ether oxygens (including phenoxy) is 1. The van der Waals surface area contributed by atoms with Gasteiger partial charge in [0.2, 0.25) is 0 Å². The van der Waals surface area contributed by atoms with E-state index >= 15 is 0 Å². The first-order valence-corrected chi connectivity index (χ1v) is 5.97. The number of halogens is 1. The van der Waals surface area contributed by atoms with E-state index in [9.17, 15) is 4.79 Å². The molecule has 1 N–H and O–H groups in total. The molecule has 6 heteroatoms. The van der Waals surface area contributed by atoms with E-state index in [2.05, 4.69) is 26.2 Å². The van der Waals surface area contributed by atoms with Gasteiger partial charge in [0, 0.05) is 38.4 Å². The Labute approximate surface area is 109 Å². The smallest absolute Gasteiger partial charge is 0.257 e. The van der Waals surface area contributed by atoms with Gasteiger partial charge in [0.1, 0.15) is 5.82 Å². The summed E-state index contributed by atoms with van der Waals surface area (Å²) in [6, 6.07) is 1.75. The van der Waals surface area contributed by atoms with Gasteiger partial charge in [-0.2, -0.15) is 0 Å². The first kappa shape index (κ1) is 13.9. The zero-order valence-corrected chi connectivity index (χ0v) is 11.7. The van der Waals surface area contributed by atoms with E-state index in [0.717, 1.165) is 4.47 Å². The summed E-state index contributed by atoms with van der Waals surface area (Å²) in [6.45, 7) is 1.06. The zero-order chi connectivity index (χ0) is 12.8. The molecule has 17 heavy (non-hydrogen) atoms. The Hall–Kier alpha value is -1.14. The average molecular weight is 302 g/mol. The minimum absolute atomic E-state index is 0.0831. The molecule has 5 nitrogen and oxygen atoms in total. The molecule has 0 unspecified atom stereocenters. The van der Waals surface area contributed by atoms with Gasteiger partial charge in [0.15, 0.2) is 0 Å². The Kier molecular flexibility index (Phi) is 5.37. The van der Waals surface area contributed by atoms with E-state index in [0.29, 0.717) is 24.5 Å². The van der Waals surface area contributed by atoms with Gasteiger partial charge in [-0.25, -0.2) is 4.98 Å². The molecule has 1 heterocycles. The van der Waals surface area contributed by atoms with E-state index in [-0.39, 0.29) is 5.91 Å². The van der Waals surface area contributed by atoms with Gasteiger partial charge in [-0.1, -0.05) is 0 Å². The molecule has 94 valence electrons. The Balaban J connectivity index is 2.90. The molecule has 1 amide bonds. The van der Waals surface area contributed by atoms with Crippen molar-refractivity contribution < 1.29 is 9.53 Å². The second-order valence-corrected chi connectivity index (χ2v) is 4.43. The highest BCUT2D eigenvalue weighted by atomic mass is 79.9. The van der Waals surface area contributed by atoms with E-state index in [1.807, 2.05) is 0 Å². The number of carbonyl (C=O) groups excluding carboxylic acids is 1. The van der Waals surface area contributed by atoms with Crippen molar-refractivity contribution in [1.29, 1.82) is 0 Å². The first-order chi connectivity index (χ1) is 8.10. The Bertz CT molecular complexity index is 398. The van der Waals surface area contributed by atoms with Crippen molar-refractivity contribution in [3.63, 3.8) is 0 Å². The van der Waals surface area contributed by atoms with Gasteiger partial charge in [-0.15, -0.1) is 0 Å². The fraction of sp³-hybridized carbons (Fsp3) is 0.455. The van der Waals surface area contributed by atoms with Gasteiger partial charge in [-0.3, -0.25) is 4.79 Å². The second-order valence-electron chi connectivity index (χ2n) is 3.52. The number of hydrogen-bond acceptors (Lipinski definition) is 4. The Morgan fingerprint density at radius 2 is 2.35 bits per heavy atom. The number of carbonyl (C=O) groups is 1. The molecule has 0 fully saturated rings. The molecule has 0 aliphatic heterocycles. The maximum Gasteiger partial charge on any atom is 0.257 e. The third kappa shape index (κ3) is 3.67. The topological polar surface area (TPSA) is 54.5 Å². The molecule has 1 rings (SSSR count). The number of amides is 1. The number of rotatable bonds is 5. The molecule has 0 aliphatic rings. The quantitative estimate of drug-likeness (QED) is 0.898. The lowest BCUT2D eigenvalue weighted by Gasteiger charge is -2.18. The van der Waals surface area contributed by atoms with Crippen molar-refractivity contribution in [1.82, 2.24) is 9.88 Å². The number of aromatic nitrogens is 1. The molecule has 1 aromatic heterocycles. The summed E-state index contributed by atoms with van der Waals surface area (Å²) in [5.41, 5.74) is 0.542. The van der Waals surface area contributed by atoms with Crippen LogP contribution in [0.15, 0.2) is 16.7 Å². The van der Waals surface area contributed by atoms with Crippen LogP contribution in [0.2, 0.25) is 0 Å². The Morgan fingerprint density at radius 3 is 2.94 bits per heavy atom. The first-order valence-electron chi connectivity index (χ1n) is 5.17. The minimum Gasteiger partial charge on any atom is -0.383 e. The summed E-state index contributed by atoms with van der Waals surface area (Å²) in [6.07, 6.45) is 1.65. The van der Waals surface area contributed by atoms with Gasteiger partial charge < -0.3 is 15.0 Å². The molecule has 0 aliphatic carbocycles. The number of nitrogens with zero attached hydrogens (tertiary/aromatic N) is 2. The summed E-state index contributed by atoms with van der Waals surface area (Å²) < 4.78 is 5.72. The SMILES string of the molecule is CNc1ncc(Br)cc1C(=O)N(C)CCOC. The molecule has 0 bridgehead atoms. The molecule has 0 saturated heterocycles. The van der Waals surface area contributed by atoms with Crippen LogP contribution < -0.4 is 5.32 Å². The van der Waals surface area contributed by atoms with Crippen LogP contribution in [0.3, 0.4) is 0 Å². The molecule has 0 saturated carbocycles. The van der Waals surface area contributed by atoms with Crippen LogP contribution >= 0.6 is 15.9 Å². The third-order valence-electron chi connectivity index (χ3n) is 2.30. The molecule has 0 spiro atoms. The highest BCUT2D eigenvalue weighted by Crippen LogP contribution is 2.18. The largest absolute Gasteiger partial charge is 0.383 e. The van der Waals surface area contributed by atoms with Crippen molar-refractivity contribution in [2.24, 2.45) is 0 Å². The zero-order valence-electron chi connectivity index (χ0n) is 10.2. The molecule has 0 atom stereocenters. The number of nitrogens with one attached hydrogen (secondary N) is 1. The predicted octanol–water partition coefficient (Wildman–Crippen LogP) is 1.60. The van der Waals surface area contributed by atoms with Gasteiger partial charge >= 0.3 is 0 Å². The molecule has 1 aromatic rings. The normalized spacial score (nSPS) is 10.1. The van der Waals surface area contributed by atoms with Crippen LogP contribution in [0.25, 0.3) is 0 Å².